The van der Waals surface area contributed by atoms with Gasteiger partial charge in [0.2, 0.25) is 0 Å². The van der Waals surface area contributed by atoms with Crippen LogP contribution in [0.4, 0.5) is 0 Å². The molecule has 0 radical (unpaired) electrons. The smallest absolute Gasteiger partial charge is 0.335 e. The number of hydrogen-bond acceptors (Lipinski definition) is 5. The zero-order chi connectivity index (χ0) is 19.1. The fraction of sp³-hybridized carbons (Fsp3) is 0.353. The Morgan fingerprint density at radius 3 is 2.35 bits per heavy atom. The van der Waals surface area contributed by atoms with E-state index < -0.39 is 11.6 Å². The third kappa shape index (κ3) is 3.18. The van der Waals surface area contributed by atoms with Crippen molar-refractivity contribution in [2.24, 2.45) is 0 Å². The molecule has 1 aliphatic heterocycles. The number of aliphatic hydroxyl groups is 1. The summed E-state index contributed by atoms with van der Waals surface area (Å²) >= 11 is 12.4. The lowest BCUT2D eigenvalue weighted by Crippen LogP contribution is -2.50. The standard InChI is InChI=1S/C17H16Cl2N2O5/c1-9-12(14(20-26-9)13-10(18)3-2-4-11(13)19)15(22)21-7-5-17(25,6-8-21)16(23)24/h2-4,25H,5-8H2,1H3,(H,23,24). The maximum absolute atomic E-state index is 13.0. The lowest BCUT2D eigenvalue weighted by atomic mass is 9.91. The number of carbonyl (C=O) groups is 2. The summed E-state index contributed by atoms with van der Waals surface area (Å²) in [6.07, 6.45) is -0.110. The molecule has 0 unspecified atom stereocenters. The molecule has 1 saturated heterocycles. The Morgan fingerprint density at radius 1 is 1.23 bits per heavy atom. The lowest BCUT2D eigenvalue weighted by molar-refractivity contribution is -0.162. The van der Waals surface area contributed by atoms with E-state index in [1.165, 1.54) is 4.90 Å². The topological polar surface area (TPSA) is 104 Å². The number of aliphatic carboxylic acids is 1. The van der Waals surface area contributed by atoms with Crippen molar-refractivity contribution in [1.82, 2.24) is 10.1 Å². The Morgan fingerprint density at radius 2 is 1.81 bits per heavy atom. The van der Waals surface area contributed by atoms with E-state index in [9.17, 15) is 14.7 Å². The molecular weight excluding hydrogens is 383 g/mol. The van der Waals surface area contributed by atoms with Crippen LogP contribution in [0.15, 0.2) is 22.7 Å². The summed E-state index contributed by atoms with van der Waals surface area (Å²) in [6.45, 7) is 1.80. The van der Waals surface area contributed by atoms with E-state index in [1.807, 2.05) is 0 Å². The van der Waals surface area contributed by atoms with Crippen molar-refractivity contribution in [3.63, 3.8) is 0 Å². The molecule has 1 fully saturated rings. The molecule has 0 aliphatic carbocycles. The average molecular weight is 399 g/mol. The Balaban J connectivity index is 1.93. The molecule has 1 amide bonds. The molecule has 2 N–H and O–H groups in total. The number of likely N-dealkylation sites (tertiary alicyclic amines) is 1. The Labute approximate surface area is 159 Å². The van der Waals surface area contributed by atoms with Gasteiger partial charge in [0.25, 0.3) is 5.91 Å². The van der Waals surface area contributed by atoms with Crippen LogP contribution in [-0.4, -0.2) is 50.8 Å². The second-order valence-corrected chi connectivity index (χ2v) is 7.00. The Hall–Kier alpha value is -2.09. The van der Waals surface area contributed by atoms with Gasteiger partial charge >= 0.3 is 5.97 Å². The first kappa shape index (κ1) is 18.7. The molecule has 0 spiro atoms. The van der Waals surface area contributed by atoms with Crippen LogP contribution in [0.25, 0.3) is 11.3 Å². The lowest BCUT2D eigenvalue weighted by Gasteiger charge is -2.35. The van der Waals surface area contributed by atoms with Gasteiger partial charge in [0.05, 0.1) is 10.0 Å². The molecule has 3 rings (SSSR count). The highest BCUT2D eigenvalue weighted by Crippen LogP contribution is 2.37. The van der Waals surface area contributed by atoms with Crippen molar-refractivity contribution in [3.05, 3.63) is 39.6 Å². The molecular formula is C17H16Cl2N2O5. The number of hydrogen-bond donors (Lipinski definition) is 2. The minimum Gasteiger partial charge on any atom is -0.479 e. The van der Waals surface area contributed by atoms with Gasteiger partial charge in [-0.15, -0.1) is 0 Å². The zero-order valence-electron chi connectivity index (χ0n) is 13.8. The normalized spacial score (nSPS) is 16.5. The molecule has 0 saturated carbocycles. The van der Waals surface area contributed by atoms with Crippen LogP contribution < -0.4 is 0 Å². The molecule has 138 valence electrons. The van der Waals surface area contributed by atoms with E-state index in [1.54, 1.807) is 25.1 Å². The molecule has 1 aromatic heterocycles. The minimum absolute atomic E-state index is 0.0550. The zero-order valence-corrected chi connectivity index (χ0v) is 15.3. The average Bonchev–Trinajstić information content (AvgIpc) is 2.96. The first-order valence-corrected chi connectivity index (χ1v) is 8.66. The second-order valence-electron chi connectivity index (χ2n) is 6.19. The van der Waals surface area contributed by atoms with Crippen molar-refractivity contribution < 1.29 is 24.3 Å². The number of carboxylic acids is 1. The summed E-state index contributed by atoms with van der Waals surface area (Å²) in [5, 5.41) is 23.7. The summed E-state index contributed by atoms with van der Waals surface area (Å²) in [4.78, 5) is 25.6. The number of carboxylic acid groups (broad SMARTS) is 1. The quantitative estimate of drug-likeness (QED) is 0.823. The summed E-state index contributed by atoms with van der Waals surface area (Å²) in [7, 11) is 0. The number of nitrogens with zero attached hydrogens (tertiary/aromatic N) is 2. The van der Waals surface area contributed by atoms with Crippen LogP contribution in [0.5, 0.6) is 0 Å². The van der Waals surface area contributed by atoms with Gasteiger partial charge < -0.3 is 19.6 Å². The van der Waals surface area contributed by atoms with E-state index in [2.05, 4.69) is 5.16 Å². The first-order chi connectivity index (χ1) is 12.2. The molecule has 1 aliphatic rings. The number of carbonyl (C=O) groups excluding carboxylic acids is 1. The number of rotatable bonds is 3. The maximum atomic E-state index is 13.0. The number of aryl methyl sites for hydroxylation is 1. The maximum Gasteiger partial charge on any atom is 0.335 e. The van der Waals surface area contributed by atoms with Gasteiger partial charge in [-0.2, -0.15) is 0 Å². The van der Waals surface area contributed by atoms with Crippen LogP contribution in [0.3, 0.4) is 0 Å². The van der Waals surface area contributed by atoms with E-state index in [0.717, 1.165) is 0 Å². The fourth-order valence-corrected chi connectivity index (χ4v) is 3.55. The van der Waals surface area contributed by atoms with Crippen molar-refractivity contribution >= 4 is 35.1 Å². The number of piperidine rings is 1. The predicted octanol–water partition coefficient (Wildman–Crippen LogP) is 3.01. The summed E-state index contributed by atoms with van der Waals surface area (Å²) in [6, 6.07) is 4.95. The van der Waals surface area contributed by atoms with Gasteiger partial charge in [-0.05, 0) is 19.1 Å². The summed E-state index contributed by atoms with van der Waals surface area (Å²) in [5.41, 5.74) is -0.951. The molecule has 1 aromatic carbocycles. The highest BCUT2D eigenvalue weighted by Gasteiger charge is 2.41. The predicted molar refractivity (Wildman–Crippen MR) is 94.4 cm³/mol. The van der Waals surface area contributed by atoms with Crippen molar-refractivity contribution in [2.75, 3.05) is 13.1 Å². The SMILES string of the molecule is Cc1onc(-c2c(Cl)cccc2Cl)c1C(=O)N1CCC(O)(C(=O)O)CC1. The third-order valence-electron chi connectivity index (χ3n) is 4.55. The van der Waals surface area contributed by atoms with E-state index in [4.69, 9.17) is 32.8 Å². The molecule has 0 atom stereocenters. The third-order valence-corrected chi connectivity index (χ3v) is 5.18. The minimum atomic E-state index is -1.81. The number of benzene rings is 1. The number of halogens is 2. The van der Waals surface area contributed by atoms with Crippen molar-refractivity contribution in [2.45, 2.75) is 25.4 Å². The monoisotopic (exact) mass is 398 g/mol. The van der Waals surface area contributed by atoms with E-state index >= 15 is 0 Å². The molecule has 2 heterocycles. The van der Waals surface area contributed by atoms with Gasteiger partial charge in [-0.25, -0.2) is 4.79 Å². The van der Waals surface area contributed by atoms with Crippen molar-refractivity contribution in [1.29, 1.82) is 0 Å². The van der Waals surface area contributed by atoms with Gasteiger partial charge in [0, 0.05) is 31.5 Å². The van der Waals surface area contributed by atoms with E-state index in [0.29, 0.717) is 21.4 Å². The fourth-order valence-electron chi connectivity index (χ4n) is 2.97. The molecule has 2 aromatic rings. The Bertz CT molecular complexity index is 852. The van der Waals surface area contributed by atoms with Gasteiger partial charge in [-0.1, -0.05) is 34.4 Å². The highest BCUT2D eigenvalue weighted by atomic mass is 35.5. The first-order valence-electron chi connectivity index (χ1n) is 7.90. The highest BCUT2D eigenvalue weighted by molar-refractivity contribution is 6.39. The van der Waals surface area contributed by atoms with Crippen LogP contribution >= 0.6 is 23.2 Å². The molecule has 0 bridgehead atoms. The van der Waals surface area contributed by atoms with E-state index in [-0.39, 0.29) is 43.1 Å². The summed E-state index contributed by atoms with van der Waals surface area (Å²) in [5.74, 6) is -1.35. The second kappa shape index (κ2) is 6.90. The van der Waals surface area contributed by atoms with Crippen LogP contribution in [0, 0.1) is 6.92 Å². The molecule has 9 heteroatoms. The van der Waals surface area contributed by atoms with Crippen molar-refractivity contribution in [3.8, 4) is 11.3 Å². The van der Waals surface area contributed by atoms with Gasteiger partial charge in [-0.3, -0.25) is 4.79 Å². The van der Waals surface area contributed by atoms with Gasteiger partial charge in [0.1, 0.15) is 17.0 Å². The Kier molecular flexibility index (Phi) is 4.96. The molecule has 7 nitrogen and oxygen atoms in total. The van der Waals surface area contributed by atoms with Crippen LogP contribution in [-0.2, 0) is 4.79 Å². The summed E-state index contributed by atoms with van der Waals surface area (Å²) < 4.78 is 5.19. The molecule has 26 heavy (non-hydrogen) atoms. The van der Waals surface area contributed by atoms with Gasteiger partial charge in [0.15, 0.2) is 5.60 Å². The van der Waals surface area contributed by atoms with Crippen LogP contribution in [0.1, 0.15) is 29.0 Å². The number of aromatic nitrogens is 1. The number of amides is 1. The van der Waals surface area contributed by atoms with Crippen LogP contribution in [0.2, 0.25) is 10.0 Å². The largest absolute Gasteiger partial charge is 0.479 e.